The lowest BCUT2D eigenvalue weighted by atomic mass is 9.75. The minimum absolute atomic E-state index is 0.177. The summed E-state index contributed by atoms with van der Waals surface area (Å²) in [4.78, 5) is 0. The highest BCUT2D eigenvalue weighted by atomic mass is 31.1. The van der Waals surface area contributed by atoms with Crippen molar-refractivity contribution in [1.82, 2.24) is 0 Å². The summed E-state index contributed by atoms with van der Waals surface area (Å²) < 4.78 is 35.1. The molecule has 0 saturated carbocycles. The Labute approximate surface area is 407 Å². The van der Waals surface area contributed by atoms with Gasteiger partial charge in [0.2, 0.25) is 0 Å². The lowest BCUT2D eigenvalue weighted by Crippen LogP contribution is -2.28. The van der Waals surface area contributed by atoms with Crippen molar-refractivity contribution in [1.29, 1.82) is 0 Å². The normalized spacial score (nSPS) is 12.5. The summed E-state index contributed by atoms with van der Waals surface area (Å²) >= 11 is 0. The third-order valence-corrected chi connectivity index (χ3v) is 14.3. The van der Waals surface area contributed by atoms with Gasteiger partial charge in [-0.25, -0.2) is 0 Å². The molecule has 0 aliphatic carbocycles. The van der Waals surface area contributed by atoms with Crippen molar-refractivity contribution < 1.29 is 27.5 Å². The second kappa shape index (κ2) is 18.1. The van der Waals surface area contributed by atoms with Gasteiger partial charge in [-0.2, -0.15) is 0 Å². The summed E-state index contributed by atoms with van der Waals surface area (Å²) in [5, 5.41) is 13.4. The molecule has 6 aromatic carbocycles. The van der Waals surface area contributed by atoms with Crippen LogP contribution in [0, 0.1) is 55.4 Å². The van der Waals surface area contributed by atoms with Crippen molar-refractivity contribution in [3.63, 3.8) is 0 Å². The molecule has 7 rings (SSSR count). The Kier molecular flexibility index (Phi) is 13.4. The molecule has 0 aliphatic heterocycles. The van der Waals surface area contributed by atoms with Crippen LogP contribution in [0.15, 0.2) is 81.2 Å². The van der Waals surface area contributed by atoms with Gasteiger partial charge in [0.1, 0.15) is 34.2 Å². The topological polar surface area (TPSA) is 74.2 Å². The highest BCUT2D eigenvalue weighted by Crippen LogP contribution is 2.52. The second-order valence-electron chi connectivity index (χ2n) is 23.3. The van der Waals surface area contributed by atoms with Crippen LogP contribution >= 0.6 is 8.24 Å². The summed E-state index contributed by atoms with van der Waals surface area (Å²) in [5.74, 6) is 2.52. The standard InChI is InChI=1S/C61H75O6P/c1-34-21-38(5)52(62)44(25-34)45-26-35(2)22-39(6)53(45)64-33-61(18,19)43-30-49(48-29-42(58(9,10)11)31-50(56(48)63-20)59(12,13)14)57(51(32-43)60(15,16)17)67-68-65-54-40(7)23-36(3)27-46(54)47-28-37(4)24-41(8)55(47)66-68/h21-32,62H,33H2,1-20H3. The van der Waals surface area contributed by atoms with Crippen molar-refractivity contribution in [2.45, 2.75) is 153 Å². The molecular formula is C61H75O6P. The van der Waals surface area contributed by atoms with E-state index in [1.807, 2.05) is 19.1 Å². The van der Waals surface area contributed by atoms with Crippen LogP contribution in [0.4, 0.5) is 0 Å². The molecule has 0 spiro atoms. The summed E-state index contributed by atoms with van der Waals surface area (Å²) in [6.45, 7) is 41.7. The maximum absolute atomic E-state index is 11.4. The number of ether oxygens (including phenoxy) is 2. The van der Waals surface area contributed by atoms with Crippen LogP contribution < -0.4 is 14.0 Å². The molecule has 1 heterocycles. The quantitative estimate of drug-likeness (QED) is 0.155. The Hall–Kier alpha value is -5.58. The minimum atomic E-state index is -2.04. The Morgan fingerprint density at radius 1 is 0.456 bits per heavy atom. The number of fused-ring (bicyclic) bond motifs is 3. The van der Waals surface area contributed by atoms with E-state index in [2.05, 4.69) is 185 Å². The van der Waals surface area contributed by atoms with Crippen molar-refractivity contribution in [2.24, 2.45) is 0 Å². The van der Waals surface area contributed by atoms with Gasteiger partial charge in [-0.3, -0.25) is 0 Å². The summed E-state index contributed by atoms with van der Waals surface area (Å²) in [7, 11) is -0.269. The molecule has 360 valence electrons. The van der Waals surface area contributed by atoms with Gasteiger partial charge in [0.15, 0.2) is 0 Å². The lowest BCUT2D eigenvalue weighted by Gasteiger charge is -2.33. The first-order valence-electron chi connectivity index (χ1n) is 24.0. The molecule has 0 unspecified atom stereocenters. The molecular weight excluding hydrogens is 860 g/mol. The van der Waals surface area contributed by atoms with Gasteiger partial charge in [-0.15, -0.1) is 0 Å². The average Bonchev–Trinajstić information content (AvgIpc) is 3.36. The number of hydrogen-bond acceptors (Lipinski definition) is 6. The lowest BCUT2D eigenvalue weighted by molar-refractivity contribution is 0.240. The van der Waals surface area contributed by atoms with Crippen molar-refractivity contribution in [3.8, 4) is 45.3 Å². The Morgan fingerprint density at radius 3 is 1.40 bits per heavy atom. The van der Waals surface area contributed by atoms with Gasteiger partial charge in [0, 0.05) is 49.6 Å². The molecule has 0 amide bonds. The first kappa shape index (κ1) is 50.3. The van der Waals surface area contributed by atoms with Gasteiger partial charge >= 0.3 is 8.24 Å². The number of aryl methyl sites for hydroxylation is 8. The molecule has 0 aliphatic rings. The van der Waals surface area contributed by atoms with E-state index in [0.717, 1.165) is 117 Å². The molecule has 0 atom stereocenters. The molecule has 68 heavy (non-hydrogen) atoms. The largest absolute Gasteiger partial charge is 0.507 e. The SMILES string of the molecule is COc1c(-c2cc(C(C)(C)COc3c(C)cc(C)cc3-c3cc(C)cc(C)c3O)cc(C(C)(C)C)c2Op2oc3c(C)cc(C)cc3c3cc(C)cc(C)c3o2)cc(C(C)(C)C)cc1C(C)(C)C. The van der Waals surface area contributed by atoms with Crippen LogP contribution in [0.5, 0.6) is 23.0 Å². The zero-order chi connectivity index (χ0) is 50.2. The predicted octanol–water partition coefficient (Wildman–Crippen LogP) is 17.9. The summed E-state index contributed by atoms with van der Waals surface area (Å²) in [6.07, 6.45) is 0. The number of phenolic OH excluding ortho intramolecular Hbond substituents is 1. The molecule has 1 N–H and O–H groups in total. The van der Waals surface area contributed by atoms with E-state index in [4.69, 9.17) is 22.4 Å². The fourth-order valence-corrected chi connectivity index (χ4v) is 10.8. The van der Waals surface area contributed by atoms with E-state index in [0.29, 0.717) is 12.4 Å². The van der Waals surface area contributed by atoms with Gasteiger partial charge < -0.3 is 27.5 Å². The monoisotopic (exact) mass is 935 g/mol. The van der Waals surface area contributed by atoms with Crippen molar-refractivity contribution >= 4 is 30.2 Å². The maximum Gasteiger partial charge on any atom is 0.453 e. The van der Waals surface area contributed by atoms with E-state index >= 15 is 0 Å². The number of aromatic hydroxyl groups is 1. The third-order valence-electron chi connectivity index (χ3n) is 13.3. The van der Waals surface area contributed by atoms with Gasteiger partial charge in [0.05, 0.1) is 13.7 Å². The summed E-state index contributed by atoms with van der Waals surface area (Å²) in [6, 6.07) is 26.2. The van der Waals surface area contributed by atoms with Crippen molar-refractivity contribution in [2.75, 3.05) is 13.7 Å². The number of benzene rings is 6. The Balaban J connectivity index is 1.53. The van der Waals surface area contributed by atoms with E-state index in [9.17, 15) is 5.11 Å². The fraction of sp³-hybridized carbons (Fsp3) is 0.410. The van der Waals surface area contributed by atoms with Crippen LogP contribution in [-0.2, 0) is 21.7 Å². The van der Waals surface area contributed by atoms with Crippen LogP contribution in [0.1, 0.15) is 143 Å². The molecule has 0 fully saturated rings. The van der Waals surface area contributed by atoms with Crippen LogP contribution in [-0.4, -0.2) is 18.8 Å². The van der Waals surface area contributed by atoms with Gasteiger partial charge in [-0.05, 0) is 164 Å². The van der Waals surface area contributed by atoms with E-state index in [-0.39, 0.29) is 16.6 Å². The average molecular weight is 935 g/mol. The van der Waals surface area contributed by atoms with Gasteiger partial charge in [0.25, 0.3) is 0 Å². The highest BCUT2D eigenvalue weighted by molar-refractivity contribution is 7.32. The first-order valence-corrected chi connectivity index (χ1v) is 25.1. The van der Waals surface area contributed by atoms with Gasteiger partial charge in [-0.1, -0.05) is 113 Å². The minimum Gasteiger partial charge on any atom is -0.507 e. The molecule has 7 aromatic rings. The molecule has 0 bridgehead atoms. The second-order valence-corrected chi connectivity index (χ2v) is 24.3. The van der Waals surface area contributed by atoms with Crippen molar-refractivity contribution in [3.05, 3.63) is 140 Å². The fourth-order valence-electron chi connectivity index (χ4n) is 9.59. The predicted molar refractivity (Wildman–Crippen MR) is 287 cm³/mol. The number of phenols is 1. The Morgan fingerprint density at radius 2 is 0.882 bits per heavy atom. The molecule has 1 aromatic heterocycles. The number of methoxy groups -OCH3 is 1. The smallest absolute Gasteiger partial charge is 0.453 e. The highest BCUT2D eigenvalue weighted by Gasteiger charge is 2.34. The number of hydrogen-bond donors (Lipinski definition) is 1. The van der Waals surface area contributed by atoms with E-state index in [1.165, 1.54) is 5.56 Å². The molecule has 7 heteroatoms. The molecule has 0 radical (unpaired) electrons. The molecule has 0 saturated heterocycles. The molecule has 6 nitrogen and oxygen atoms in total. The zero-order valence-corrected chi connectivity index (χ0v) is 45.5. The first-order chi connectivity index (χ1) is 31.5. The van der Waals surface area contributed by atoms with E-state index in [1.54, 1.807) is 7.11 Å². The van der Waals surface area contributed by atoms with E-state index < -0.39 is 19.1 Å². The van der Waals surface area contributed by atoms with Crippen LogP contribution in [0.3, 0.4) is 0 Å². The van der Waals surface area contributed by atoms with Crippen LogP contribution in [0.2, 0.25) is 0 Å². The summed E-state index contributed by atoms with van der Waals surface area (Å²) in [5.41, 5.74) is 16.4. The maximum atomic E-state index is 11.4. The number of rotatable bonds is 9. The zero-order valence-electron chi connectivity index (χ0n) is 44.6. The Bertz CT molecular complexity index is 3070. The van der Waals surface area contributed by atoms with Crippen LogP contribution in [0.25, 0.3) is 44.2 Å². The third kappa shape index (κ3) is 9.95.